The van der Waals surface area contributed by atoms with Crippen molar-refractivity contribution in [3.63, 3.8) is 0 Å². The number of ether oxygens (including phenoxy) is 2. The fraction of sp³-hybridized carbons (Fsp3) is 0.524. The average Bonchev–Trinajstić information content (AvgIpc) is 3.32. The molecule has 3 aliphatic rings. The van der Waals surface area contributed by atoms with E-state index in [1.807, 2.05) is 0 Å². The minimum Gasteiger partial charge on any atom is -0.507 e. The summed E-state index contributed by atoms with van der Waals surface area (Å²) >= 11 is 0. The van der Waals surface area contributed by atoms with Crippen LogP contribution in [-0.4, -0.2) is 40.2 Å². The van der Waals surface area contributed by atoms with Crippen molar-refractivity contribution in [2.24, 2.45) is 5.92 Å². The molecule has 1 spiro atoms. The fourth-order valence-corrected chi connectivity index (χ4v) is 4.17. The van der Waals surface area contributed by atoms with Gasteiger partial charge in [0.1, 0.15) is 11.4 Å². The minimum atomic E-state index is -4.53. The van der Waals surface area contributed by atoms with E-state index in [-0.39, 0.29) is 17.2 Å². The molecule has 2 N–H and O–H groups in total. The highest BCUT2D eigenvalue weighted by molar-refractivity contribution is 5.73. The Morgan fingerprint density at radius 2 is 1.97 bits per heavy atom. The molecule has 1 aromatic heterocycles. The highest BCUT2D eigenvalue weighted by Gasteiger charge is 2.48. The molecule has 1 aromatic carbocycles. The normalized spacial score (nSPS) is 24.7. The van der Waals surface area contributed by atoms with Gasteiger partial charge in [-0.2, -0.15) is 13.2 Å². The van der Waals surface area contributed by atoms with Crippen molar-refractivity contribution in [2.75, 3.05) is 18.5 Å². The van der Waals surface area contributed by atoms with Gasteiger partial charge in [0.25, 0.3) is 0 Å². The van der Waals surface area contributed by atoms with Gasteiger partial charge in [-0.05, 0) is 36.6 Å². The Bertz CT molecular complexity index is 991. The molecule has 1 saturated carbocycles. The summed E-state index contributed by atoms with van der Waals surface area (Å²) in [5.41, 5.74) is 1.24. The summed E-state index contributed by atoms with van der Waals surface area (Å²) in [4.78, 5) is 0. The zero-order valence-corrected chi connectivity index (χ0v) is 16.4. The summed E-state index contributed by atoms with van der Waals surface area (Å²) in [5.74, 6) is 0.467. The molecule has 2 aromatic rings. The number of halogens is 3. The molecule has 0 unspecified atom stereocenters. The van der Waals surface area contributed by atoms with Crippen LogP contribution in [0.15, 0.2) is 18.2 Å². The van der Waals surface area contributed by atoms with Gasteiger partial charge in [-0.3, -0.25) is 0 Å². The maximum absolute atomic E-state index is 13.0. The summed E-state index contributed by atoms with van der Waals surface area (Å²) in [6, 6.07) is 3.06. The van der Waals surface area contributed by atoms with E-state index in [1.54, 1.807) is 0 Å². The molecule has 3 heterocycles. The number of aromatic nitrogens is 2. The van der Waals surface area contributed by atoms with E-state index in [1.165, 1.54) is 6.07 Å². The van der Waals surface area contributed by atoms with Crippen LogP contribution in [0.25, 0.3) is 11.3 Å². The van der Waals surface area contributed by atoms with Crippen LogP contribution in [0.4, 0.5) is 19.0 Å². The molecule has 9 heteroatoms. The number of fused-ring (bicyclic) bond motifs is 1. The van der Waals surface area contributed by atoms with Crippen LogP contribution in [0.2, 0.25) is 0 Å². The maximum atomic E-state index is 13.0. The summed E-state index contributed by atoms with van der Waals surface area (Å²) in [7, 11) is 0. The summed E-state index contributed by atoms with van der Waals surface area (Å²) in [6.45, 7) is 3.69. The number of nitrogens with one attached hydrogen (secondary N) is 1. The molecule has 0 bridgehead atoms. The van der Waals surface area contributed by atoms with Crippen LogP contribution in [0, 0.1) is 5.92 Å². The number of hydrogen-bond acceptors (Lipinski definition) is 6. The highest BCUT2D eigenvalue weighted by Crippen LogP contribution is 2.49. The highest BCUT2D eigenvalue weighted by atomic mass is 19.4. The number of phenolic OH excluding ortho intramolecular Hbond substituents is 1. The molecule has 6 nitrogen and oxygen atoms in total. The number of phenols is 1. The van der Waals surface area contributed by atoms with Crippen LogP contribution in [0.5, 0.6) is 5.75 Å². The van der Waals surface area contributed by atoms with E-state index >= 15 is 0 Å². The SMILES string of the molecule is C[C@H]1COC[C@@H]1Nc1nnc(-c2ccc(C(F)(F)F)cc2O)c2c1COC1(CC1)C2. The van der Waals surface area contributed by atoms with Crippen LogP contribution >= 0.6 is 0 Å². The molecular weight excluding hydrogens is 399 g/mol. The molecule has 2 fully saturated rings. The Hall–Kier alpha value is -2.39. The predicted octanol–water partition coefficient (Wildman–Crippen LogP) is 3.92. The zero-order valence-electron chi connectivity index (χ0n) is 16.4. The van der Waals surface area contributed by atoms with Gasteiger partial charge in [0.2, 0.25) is 0 Å². The largest absolute Gasteiger partial charge is 0.507 e. The number of rotatable bonds is 3. The number of nitrogens with zero attached hydrogens (tertiary/aromatic N) is 2. The Labute approximate surface area is 171 Å². The van der Waals surface area contributed by atoms with Crippen LogP contribution in [0.1, 0.15) is 36.5 Å². The van der Waals surface area contributed by atoms with Crippen molar-refractivity contribution < 1.29 is 27.8 Å². The Morgan fingerprint density at radius 1 is 1.17 bits per heavy atom. The van der Waals surface area contributed by atoms with Crippen molar-refractivity contribution >= 4 is 5.82 Å². The second-order valence-corrected chi connectivity index (χ2v) is 8.50. The third kappa shape index (κ3) is 3.39. The third-order valence-corrected chi connectivity index (χ3v) is 6.28. The number of aromatic hydroxyl groups is 1. The van der Waals surface area contributed by atoms with Crippen molar-refractivity contribution in [3.05, 3.63) is 34.9 Å². The van der Waals surface area contributed by atoms with E-state index in [0.717, 1.165) is 36.1 Å². The van der Waals surface area contributed by atoms with E-state index in [9.17, 15) is 18.3 Å². The van der Waals surface area contributed by atoms with Gasteiger partial charge in [-0.25, -0.2) is 0 Å². The quantitative estimate of drug-likeness (QED) is 0.783. The zero-order chi connectivity index (χ0) is 21.1. The van der Waals surface area contributed by atoms with Crippen molar-refractivity contribution in [2.45, 2.75) is 50.6 Å². The first-order valence-electron chi connectivity index (χ1n) is 10.0. The lowest BCUT2D eigenvalue weighted by Crippen LogP contribution is -2.30. The number of anilines is 1. The lowest BCUT2D eigenvalue weighted by Gasteiger charge is -2.29. The number of alkyl halides is 3. The predicted molar refractivity (Wildman–Crippen MR) is 102 cm³/mol. The topological polar surface area (TPSA) is 76.5 Å². The molecule has 0 amide bonds. The first-order chi connectivity index (χ1) is 14.3. The van der Waals surface area contributed by atoms with Gasteiger partial charge in [-0.1, -0.05) is 6.92 Å². The summed E-state index contributed by atoms with van der Waals surface area (Å²) < 4.78 is 50.5. The van der Waals surface area contributed by atoms with Gasteiger partial charge in [0.15, 0.2) is 5.82 Å². The van der Waals surface area contributed by atoms with Gasteiger partial charge in [0, 0.05) is 23.5 Å². The van der Waals surface area contributed by atoms with Crippen molar-refractivity contribution in [1.29, 1.82) is 0 Å². The van der Waals surface area contributed by atoms with E-state index < -0.39 is 17.5 Å². The van der Waals surface area contributed by atoms with E-state index in [2.05, 4.69) is 22.4 Å². The molecule has 1 saturated heterocycles. The lowest BCUT2D eigenvalue weighted by atomic mass is 9.92. The first kappa shape index (κ1) is 19.6. The monoisotopic (exact) mass is 421 g/mol. The van der Waals surface area contributed by atoms with Gasteiger partial charge < -0.3 is 19.9 Å². The maximum Gasteiger partial charge on any atom is 0.416 e. The van der Waals surface area contributed by atoms with Crippen LogP contribution in [-0.2, 0) is 28.7 Å². The number of hydrogen-bond donors (Lipinski definition) is 2. The molecular formula is C21H22F3N3O3. The lowest BCUT2D eigenvalue weighted by molar-refractivity contribution is -0.137. The van der Waals surface area contributed by atoms with Gasteiger partial charge in [0.05, 0.1) is 37.0 Å². The molecule has 2 atom stereocenters. The molecule has 5 rings (SSSR count). The van der Waals surface area contributed by atoms with Crippen molar-refractivity contribution in [3.8, 4) is 17.0 Å². The molecule has 30 heavy (non-hydrogen) atoms. The summed E-state index contributed by atoms with van der Waals surface area (Å²) in [5, 5.41) is 22.4. The fourth-order valence-electron chi connectivity index (χ4n) is 4.17. The van der Waals surface area contributed by atoms with Crippen molar-refractivity contribution in [1.82, 2.24) is 10.2 Å². The average molecular weight is 421 g/mol. The van der Waals surface area contributed by atoms with Gasteiger partial charge in [-0.15, -0.1) is 10.2 Å². The molecule has 2 aliphatic heterocycles. The Balaban J connectivity index is 1.56. The minimum absolute atomic E-state index is 0.102. The molecule has 0 radical (unpaired) electrons. The van der Waals surface area contributed by atoms with Crippen LogP contribution in [0.3, 0.4) is 0 Å². The third-order valence-electron chi connectivity index (χ3n) is 6.28. The second-order valence-electron chi connectivity index (χ2n) is 8.50. The molecule has 1 aliphatic carbocycles. The van der Waals surface area contributed by atoms with E-state index in [4.69, 9.17) is 9.47 Å². The number of benzene rings is 1. The van der Waals surface area contributed by atoms with E-state index in [0.29, 0.717) is 43.7 Å². The first-order valence-corrected chi connectivity index (χ1v) is 10.0. The Kier molecular flexibility index (Phi) is 4.44. The smallest absolute Gasteiger partial charge is 0.416 e. The van der Waals surface area contributed by atoms with Crippen LogP contribution < -0.4 is 5.32 Å². The molecule has 160 valence electrons. The van der Waals surface area contributed by atoms with Gasteiger partial charge >= 0.3 is 6.18 Å². The second kappa shape index (κ2) is 6.81. The summed E-state index contributed by atoms with van der Waals surface area (Å²) in [6.07, 6.45) is -2.06. The Morgan fingerprint density at radius 3 is 2.60 bits per heavy atom. The standard InChI is InChI=1S/C21H22F3N3O3/c1-11-8-29-10-16(11)25-19-15-9-30-20(4-5-20)7-14(15)18(26-27-19)13-3-2-12(6-17(13)28)21(22,23)24/h2-3,6,11,16,28H,4-5,7-10H2,1H3,(H,25,27)/t11-,16-/m0/s1.